The van der Waals surface area contributed by atoms with Gasteiger partial charge in [-0.1, -0.05) is 47.7 Å². The van der Waals surface area contributed by atoms with Crippen molar-refractivity contribution >= 4 is 23.4 Å². The highest BCUT2D eigenvalue weighted by Gasteiger charge is 2.33. The molecule has 5 rings (SSSR count). The van der Waals surface area contributed by atoms with Crippen molar-refractivity contribution in [1.29, 1.82) is 0 Å². The highest BCUT2D eigenvalue weighted by Crippen LogP contribution is 2.33. The van der Waals surface area contributed by atoms with Crippen LogP contribution in [0, 0.1) is 0 Å². The fraction of sp³-hybridized carbons (Fsp3) is 0.265. The summed E-state index contributed by atoms with van der Waals surface area (Å²) in [5.74, 6) is 1.99. The van der Waals surface area contributed by atoms with Crippen LogP contribution in [-0.2, 0) is 16.1 Å². The van der Waals surface area contributed by atoms with Crippen molar-refractivity contribution in [2.24, 2.45) is 4.99 Å². The van der Waals surface area contributed by atoms with E-state index in [0.29, 0.717) is 50.2 Å². The number of ether oxygens (including phenoxy) is 5. The van der Waals surface area contributed by atoms with Gasteiger partial charge in [0.05, 0.1) is 49.3 Å². The minimum atomic E-state index is -0.656. The molecule has 9 nitrogen and oxygen atoms in total. The van der Waals surface area contributed by atoms with Crippen LogP contribution in [0.5, 0.6) is 23.0 Å². The Bertz CT molecular complexity index is 1880. The molecule has 0 saturated carbocycles. The molecule has 228 valence electrons. The molecule has 0 saturated heterocycles. The summed E-state index contributed by atoms with van der Waals surface area (Å²) in [6.07, 6.45) is 1.80. The number of nitrogens with zero attached hydrogens (tertiary/aromatic N) is 2. The number of aromatic nitrogens is 1. The Labute approximate surface area is 259 Å². The zero-order valence-corrected chi connectivity index (χ0v) is 26.1. The van der Waals surface area contributed by atoms with Crippen LogP contribution in [0.2, 0.25) is 0 Å². The maximum atomic E-state index is 13.9. The number of esters is 1. The van der Waals surface area contributed by atoms with Crippen molar-refractivity contribution in [3.8, 4) is 23.0 Å². The van der Waals surface area contributed by atoms with Gasteiger partial charge in [-0.05, 0) is 68.3 Å². The lowest BCUT2D eigenvalue weighted by Crippen LogP contribution is -2.39. The summed E-state index contributed by atoms with van der Waals surface area (Å²) >= 11 is 1.27. The topological polar surface area (TPSA) is 97.6 Å². The van der Waals surface area contributed by atoms with Crippen molar-refractivity contribution in [3.63, 3.8) is 0 Å². The number of methoxy groups -OCH3 is 2. The largest absolute Gasteiger partial charge is 0.497 e. The molecule has 1 aromatic heterocycles. The van der Waals surface area contributed by atoms with E-state index in [0.717, 1.165) is 16.7 Å². The van der Waals surface area contributed by atoms with Crippen molar-refractivity contribution in [1.82, 2.24) is 4.57 Å². The van der Waals surface area contributed by atoms with Crippen molar-refractivity contribution in [2.45, 2.75) is 33.4 Å². The van der Waals surface area contributed by atoms with Gasteiger partial charge >= 0.3 is 5.97 Å². The van der Waals surface area contributed by atoms with E-state index in [-0.39, 0.29) is 18.8 Å². The summed E-state index contributed by atoms with van der Waals surface area (Å²) in [5, 5.41) is 0. The second-order valence-corrected chi connectivity index (χ2v) is 10.8. The Balaban J connectivity index is 1.52. The molecule has 0 unspecified atom stereocenters. The van der Waals surface area contributed by atoms with E-state index in [1.54, 1.807) is 38.7 Å². The molecule has 0 N–H and O–H groups in total. The van der Waals surface area contributed by atoms with Gasteiger partial charge in [-0.15, -0.1) is 0 Å². The summed E-state index contributed by atoms with van der Waals surface area (Å²) in [7, 11) is 3.22. The highest BCUT2D eigenvalue weighted by atomic mass is 32.1. The smallest absolute Gasteiger partial charge is 0.338 e. The minimum absolute atomic E-state index is 0.219. The second kappa shape index (κ2) is 13.6. The zero-order valence-electron chi connectivity index (χ0n) is 25.3. The lowest BCUT2D eigenvalue weighted by molar-refractivity contribution is -0.139. The van der Waals surface area contributed by atoms with E-state index in [1.807, 2.05) is 73.7 Å². The molecule has 0 radical (unpaired) electrons. The number of benzene rings is 3. The fourth-order valence-corrected chi connectivity index (χ4v) is 6.09. The third-order valence-electron chi connectivity index (χ3n) is 7.07. The molecule has 3 aromatic carbocycles. The summed E-state index contributed by atoms with van der Waals surface area (Å²) in [5.41, 5.74) is 3.00. The quantitative estimate of drug-likeness (QED) is 0.224. The van der Waals surface area contributed by atoms with Gasteiger partial charge in [0, 0.05) is 5.56 Å². The second-order valence-electron chi connectivity index (χ2n) is 9.82. The molecule has 4 aromatic rings. The lowest BCUT2D eigenvalue weighted by atomic mass is 9.96. The van der Waals surface area contributed by atoms with E-state index in [4.69, 9.17) is 23.7 Å². The van der Waals surface area contributed by atoms with Gasteiger partial charge in [-0.25, -0.2) is 9.79 Å². The first-order chi connectivity index (χ1) is 21.4. The Morgan fingerprint density at radius 3 is 2.41 bits per heavy atom. The summed E-state index contributed by atoms with van der Waals surface area (Å²) in [6.45, 7) is 6.30. The normalized spacial score (nSPS) is 14.5. The average molecular weight is 615 g/mol. The number of allylic oxidation sites excluding steroid dienone is 1. The molecule has 44 heavy (non-hydrogen) atoms. The maximum Gasteiger partial charge on any atom is 0.338 e. The lowest BCUT2D eigenvalue weighted by Gasteiger charge is -2.24. The van der Waals surface area contributed by atoms with E-state index in [1.165, 1.54) is 11.3 Å². The van der Waals surface area contributed by atoms with E-state index >= 15 is 0 Å². The SMILES string of the molecule is CCOC(=O)C1=C(C)N=c2s/c(=C\c3ccc(OCc4cc(OC)ccc4OC)c(OCC)c3)c(=O)n2[C@@H]1c1ccccc1. The maximum absolute atomic E-state index is 13.9. The van der Waals surface area contributed by atoms with Gasteiger partial charge in [0.1, 0.15) is 18.1 Å². The van der Waals surface area contributed by atoms with Crippen LogP contribution in [0.15, 0.2) is 87.8 Å². The number of carbonyl (C=O) groups is 1. The summed E-state index contributed by atoms with van der Waals surface area (Å²) in [6, 6.07) is 19.8. The zero-order chi connectivity index (χ0) is 31.2. The summed E-state index contributed by atoms with van der Waals surface area (Å²) in [4.78, 5) is 32.1. The number of carbonyl (C=O) groups excluding carboxylic acids is 1. The standard InChI is InChI=1S/C34H34N2O7S/c1-6-41-28-17-22(13-15-27(28)43-20-24-19-25(39-4)14-16-26(24)40-5)18-29-32(37)36-31(23-11-9-8-10-12-23)30(33(38)42-7-2)21(3)35-34(36)44-29/h8-19,31H,6-7,20H2,1-5H3/b29-18-/t31-/m1/s1. The first-order valence-corrected chi connectivity index (χ1v) is 15.0. The first kappa shape index (κ1) is 30.6. The average Bonchev–Trinajstić information content (AvgIpc) is 3.34. The van der Waals surface area contributed by atoms with Crippen LogP contribution in [0.3, 0.4) is 0 Å². The molecule has 2 heterocycles. The van der Waals surface area contributed by atoms with Gasteiger partial charge in [0.25, 0.3) is 5.56 Å². The third kappa shape index (κ3) is 6.26. The molecular formula is C34H34N2O7S. The van der Waals surface area contributed by atoms with Gasteiger partial charge in [0.15, 0.2) is 16.3 Å². The Hall–Kier alpha value is -4.83. The minimum Gasteiger partial charge on any atom is -0.497 e. The Kier molecular flexibility index (Phi) is 9.50. The van der Waals surface area contributed by atoms with E-state index in [2.05, 4.69) is 4.99 Å². The van der Waals surface area contributed by atoms with Gasteiger partial charge in [-0.3, -0.25) is 9.36 Å². The molecule has 0 fully saturated rings. The number of fused-ring (bicyclic) bond motifs is 1. The van der Waals surface area contributed by atoms with Crippen LogP contribution in [-0.4, -0.2) is 38.0 Å². The predicted octanol–water partition coefficient (Wildman–Crippen LogP) is 4.79. The third-order valence-corrected chi connectivity index (χ3v) is 8.05. The molecule has 1 aliphatic rings. The van der Waals surface area contributed by atoms with Crippen molar-refractivity contribution in [3.05, 3.63) is 114 Å². The van der Waals surface area contributed by atoms with Crippen LogP contribution >= 0.6 is 11.3 Å². The molecule has 0 spiro atoms. The number of hydrogen-bond acceptors (Lipinski definition) is 9. The molecule has 1 atom stereocenters. The Morgan fingerprint density at radius 2 is 1.70 bits per heavy atom. The highest BCUT2D eigenvalue weighted by molar-refractivity contribution is 7.07. The van der Waals surface area contributed by atoms with E-state index < -0.39 is 12.0 Å². The van der Waals surface area contributed by atoms with Crippen LogP contribution < -0.4 is 33.8 Å². The van der Waals surface area contributed by atoms with Gasteiger partial charge in [-0.2, -0.15) is 0 Å². The molecule has 1 aliphatic heterocycles. The van der Waals surface area contributed by atoms with Crippen LogP contribution in [0.4, 0.5) is 0 Å². The van der Waals surface area contributed by atoms with Gasteiger partial charge < -0.3 is 23.7 Å². The Morgan fingerprint density at radius 1 is 0.932 bits per heavy atom. The molecular weight excluding hydrogens is 580 g/mol. The molecule has 0 aliphatic carbocycles. The first-order valence-electron chi connectivity index (χ1n) is 14.2. The monoisotopic (exact) mass is 614 g/mol. The van der Waals surface area contributed by atoms with E-state index in [9.17, 15) is 9.59 Å². The summed E-state index contributed by atoms with van der Waals surface area (Å²) < 4.78 is 30.3. The molecule has 0 bridgehead atoms. The van der Waals surface area contributed by atoms with Gasteiger partial charge in [0.2, 0.25) is 0 Å². The number of hydrogen-bond donors (Lipinski definition) is 0. The molecule has 0 amide bonds. The van der Waals surface area contributed by atoms with Crippen molar-refractivity contribution < 1.29 is 28.5 Å². The molecule has 10 heteroatoms. The number of rotatable bonds is 11. The predicted molar refractivity (Wildman–Crippen MR) is 168 cm³/mol. The van der Waals surface area contributed by atoms with Crippen molar-refractivity contribution in [2.75, 3.05) is 27.4 Å². The number of thiazole rings is 1. The fourth-order valence-electron chi connectivity index (χ4n) is 5.05. The van der Waals surface area contributed by atoms with Crippen LogP contribution in [0.1, 0.15) is 43.5 Å². The van der Waals surface area contributed by atoms with Crippen LogP contribution in [0.25, 0.3) is 6.08 Å².